The van der Waals surface area contributed by atoms with E-state index in [9.17, 15) is 33.5 Å². The first-order valence-corrected chi connectivity index (χ1v) is 17.7. The molecule has 0 aliphatic heterocycles. The van der Waals surface area contributed by atoms with Crippen molar-refractivity contribution in [2.75, 3.05) is 19.7 Å². The van der Waals surface area contributed by atoms with Crippen molar-refractivity contribution in [1.82, 2.24) is 20.1 Å². The second-order valence-corrected chi connectivity index (χ2v) is 14.1. The minimum absolute atomic E-state index is 0.00811. The lowest BCUT2D eigenvalue weighted by molar-refractivity contribution is -0.140. The maximum absolute atomic E-state index is 15.0. The fourth-order valence-electron chi connectivity index (χ4n) is 6.17. The van der Waals surface area contributed by atoms with Crippen molar-refractivity contribution in [1.29, 1.82) is 0 Å². The Morgan fingerprint density at radius 1 is 0.981 bits per heavy atom. The molecule has 0 radical (unpaired) electrons. The number of hydrogen-bond acceptors (Lipinski definition) is 7. The molecule has 6 N–H and O–H groups in total. The highest BCUT2D eigenvalue weighted by molar-refractivity contribution is 5.89. The molecule has 0 saturated carbocycles. The molecule has 1 aromatic heterocycles. The predicted octanol–water partition coefficient (Wildman–Crippen LogP) is 4.33. The van der Waals surface area contributed by atoms with E-state index < -0.39 is 59.6 Å². The zero-order valence-corrected chi connectivity index (χ0v) is 30.7. The first-order valence-electron chi connectivity index (χ1n) is 17.7. The van der Waals surface area contributed by atoms with E-state index in [0.29, 0.717) is 17.8 Å². The van der Waals surface area contributed by atoms with E-state index in [0.717, 1.165) is 23.8 Å². The number of carboxylic acids is 1. The summed E-state index contributed by atoms with van der Waals surface area (Å²) < 4.78 is 31.2. The number of nitrogens with two attached hydrogens (primary N) is 1. The molecule has 3 rings (SSSR count). The van der Waals surface area contributed by atoms with Crippen molar-refractivity contribution in [2.45, 2.75) is 90.9 Å². The van der Waals surface area contributed by atoms with Crippen LogP contribution in [0.5, 0.6) is 0 Å². The van der Waals surface area contributed by atoms with E-state index >= 15 is 4.39 Å². The summed E-state index contributed by atoms with van der Waals surface area (Å²) in [6.07, 6.45) is 1.72. The minimum atomic E-state index is -1.09. The second-order valence-electron chi connectivity index (χ2n) is 14.1. The number of carbonyl (C=O) groups excluding carboxylic acids is 4. The maximum Gasteiger partial charge on any atom is 0.303 e. The molecule has 1 heterocycles. The summed E-state index contributed by atoms with van der Waals surface area (Å²) in [5, 5.41) is 24.3. The van der Waals surface area contributed by atoms with Crippen LogP contribution in [0, 0.1) is 17.0 Å². The molecule has 14 heteroatoms. The van der Waals surface area contributed by atoms with E-state index in [-0.39, 0.29) is 68.9 Å². The number of carbonyl (C=O) groups is 5. The normalized spacial score (nSPS) is 13.1. The summed E-state index contributed by atoms with van der Waals surface area (Å²) in [4.78, 5) is 63.4. The van der Waals surface area contributed by atoms with E-state index in [1.54, 1.807) is 19.2 Å². The molecule has 12 nitrogen and oxygen atoms in total. The maximum atomic E-state index is 15.0. The third kappa shape index (κ3) is 12.6. The van der Waals surface area contributed by atoms with Crippen LogP contribution >= 0.6 is 0 Å². The number of aliphatic hydroxyl groups excluding tert-OH is 1. The number of hydrogen-bond donors (Lipinski definition) is 5. The Hall–Kier alpha value is -4.95. The van der Waals surface area contributed by atoms with Crippen molar-refractivity contribution >= 4 is 29.5 Å². The van der Waals surface area contributed by atoms with Crippen LogP contribution in [-0.2, 0) is 30.5 Å². The van der Waals surface area contributed by atoms with Crippen LogP contribution in [0.25, 0.3) is 11.1 Å². The molecule has 0 aliphatic rings. The van der Waals surface area contributed by atoms with Crippen LogP contribution in [0.1, 0.15) is 83.5 Å². The lowest BCUT2D eigenvalue weighted by atomic mass is 9.82. The Kier molecular flexibility index (Phi) is 15.8. The first kappa shape index (κ1) is 42.5. The number of Topliss-reactive ketones (excluding diaryl/α,β-unsaturated/α-hetero) is 1. The number of nitrogens with zero attached hydrogens (tertiary/aromatic N) is 2. The van der Waals surface area contributed by atoms with Crippen LogP contribution in [0.3, 0.4) is 0 Å². The Balaban J connectivity index is 1.79. The largest absolute Gasteiger partial charge is 0.481 e. The number of aromatic nitrogens is 1. The average Bonchev–Trinajstić information content (AvgIpc) is 3.52. The van der Waals surface area contributed by atoms with Gasteiger partial charge in [-0.3, -0.25) is 24.0 Å². The summed E-state index contributed by atoms with van der Waals surface area (Å²) in [7, 11) is 0. The zero-order valence-electron chi connectivity index (χ0n) is 30.7. The standard InChI is InChI=1S/C39H51F2N5O7/c1-5-34(49)44-31(15-16-36(51)52)33(48)12-9-18-43-38(53)30(42)17-19-46(35(50)24-47)37(39(2,3)4)32-20-26(28-21-27(40)13-14-29(28)41)23-45(32)22-25-10-7-6-8-11-25/h6-8,10-11,13-14,20-21,23,30-31,37,47H,5,9,12,15-19,22,24,42H2,1-4H3,(H,43,53)(H,44,49)(H,51,52)/t30-,31+,37-/m0/s1. The zero-order chi connectivity index (χ0) is 39.3. The first-order chi connectivity index (χ1) is 25.0. The van der Waals surface area contributed by atoms with Crippen molar-refractivity contribution in [3.63, 3.8) is 0 Å². The third-order valence-electron chi connectivity index (χ3n) is 8.84. The number of aliphatic carboxylic acids is 1. The van der Waals surface area contributed by atoms with Crippen LogP contribution in [0.2, 0.25) is 0 Å². The van der Waals surface area contributed by atoms with Gasteiger partial charge in [0.2, 0.25) is 17.7 Å². The lowest BCUT2D eigenvalue weighted by Gasteiger charge is -2.41. The van der Waals surface area contributed by atoms with Crippen molar-refractivity contribution in [2.24, 2.45) is 11.1 Å². The lowest BCUT2D eigenvalue weighted by Crippen LogP contribution is -2.47. The summed E-state index contributed by atoms with van der Waals surface area (Å²) in [5.74, 6) is -4.18. The van der Waals surface area contributed by atoms with Gasteiger partial charge in [0.25, 0.3) is 0 Å². The molecule has 3 amide bonds. The van der Waals surface area contributed by atoms with Crippen LogP contribution in [0.15, 0.2) is 60.8 Å². The van der Waals surface area contributed by atoms with E-state index in [2.05, 4.69) is 10.6 Å². The molecule has 2 aromatic carbocycles. The fourth-order valence-corrected chi connectivity index (χ4v) is 6.17. The molecular weight excluding hydrogens is 688 g/mol. The molecule has 0 spiro atoms. The molecule has 0 saturated heterocycles. The van der Waals surface area contributed by atoms with Gasteiger partial charge in [0, 0.05) is 61.9 Å². The Morgan fingerprint density at radius 2 is 1.68 bits per heavy atom. The third-order valence-corrected chi connectivity index (χ3v) is 8.84. The molecule has 0 aliphatic carbocycles. The number of amides is 3. The molecule has 53 heavy (non-hydrogen) atoms. The number of nitrogens with one attached hydrogen (secondary N) is 2. The number of ketones is 1. The van der Waals surface area contributed by atoms with Gasteiger partial charge in [-0.05, 0) is 54.5 Å². The van der Waals surface area contributed by atoms with E-state index in [4.69, 9.17) is 10.8 Å². The Bertz CT molecular complexity index is 1720. The van der Waals surface area contributed by atoms with Gasteiger partial charge in [-0.15, -0.1) is 0 Å². The second kappa shape index (κ2) is 19.8. The van der Waals surface area contributed by atoms with Crippen LogP contribution < -0.4 is 16.4 Å². The van der Waals surface area contributed by atoms with E-state index in [1.165, 1.54) is 4.90 Å². The molecule has 3 aromatic rings. The minimum Gasteiger partial charge on any atom is -0.481 e. The molecule has 3 atom stereocenters. The highest BCUT2D eigenvalue weighted by Crippen LogP contribution is 2.41. The monoisotopic (exact) mass is 739 g/mol. The Morgan fingerprint density at radius 3 is 2.30 bits per heavy atom. The van der Waals surface area contributed by atoms with Gasteiger partial charge < -0.3 is 36.0 Å². The number of rotatable bonds is 20. The van der Waals surface area contributed by atoms with Gasteiger partial charge >= 0.3 is 5.97 Å². The topological polar surface area (TPSA) is 184 Å². The molecular formula is C39H51F2N5O7. The van der Waals surface area contributed by atoms with Gasteiger partial charge in [-0.25, -0.2) is 8.78 Å². The molecule has 0 fully saturated rings. The van der Waals surface area contributed by atoms with Gasteiger partial charge in [-0.2, -0.15) is 0 Å². The van der Waals surface area contributed by atoms with E-state index in [1.807, 2.05) is 55.7 Å². The summed E-state index contributed by atoms with van der Waals surface area (Å²) in [6, 6.07) is 11.7. The predicted molar refractivity (Wildman–Crippen MR) is 195 cm³/mol. The highest BCUT2D eigenvalue weighted by Gasteiger charge is 2.37. The number of halogens is 2. The van der Waals surface area contributed by atoms with Gasteiger partial charge in [0.05, 0.1) is 18.1 Å². The Labute approximate surface area is 308 Å². The molecule has 0 bridgehead atoms. The summed E-state index contributed by atoms with van der Waals surface area (Å²) >= 11 is 0. The summed E-state index contributed by atoms with van der Waals surface area (Å²) in [5.41, 5.74) is 7.57. The number of aliphatic hydroxyl groups is 1. The smallest absolute Gasteiger partial charge is 0.303 e. The van der Waals surface area contributed by atoms with Gasteiger partial charge in [0.1, 0.15) is 18.2 Å². The average molecular weight is 740 g/mol. The highest BCUT2D eigenvalue weighted by atomic mass is 19.1. The van der Waals surface area contributed by atoms with Gasteiger partial charge in [0.15, 0.2) is 5.78 Å². The molecule has 0 unspecified atom stereocenters. The van der Waals surface area contributed by atoms with Crippen LogP contribution in [0.4, 0.5) is 8.78 Å². The summed E-state index contributed by atoms with van der Waals surface area (Å²) in [6.45, 7) is 6.92. The fraction of sp³-hybridized carbons (Fsp3) is 0.462. The van der Waals surface area contributed by atoms with Gasteiger partial charge in [-0.1, -0.05) is 58.0 Å². The van der Waals surface area contributed by atoms with Crippen LogP contribution in [-0.4, -0.2) is 80.9 Å². The van der Waals surface area contributed by atoms with Crippen molar-refractivity contribution < 1.29 is 43.0 Å². The quantitative estimate of drug-likeness (QED) is 0.106. The van der Waals surface area contributed by atoms with Crippen molar-refractivity contribution in [3.8, 4) is 11.1 Å². The SMILES string of the molecule is CCC(=O)N[C@H](CCC(=O)O)C(=O)CCCNC(=O)[C@@H](N)CCN(C(=O)CO)[C@@H](c1cc(-c2cc(F)ccc2F)cn1Cc1ccccc1)C(C)(C)C. The molecule has 288 valence electrons. The number of carboxylic acid groups (broad SMARTS) is 1. The van der Waals surface area contributed by atoms with Crippen molar-refractivity contribution in [3.05, 3.63) is 83.7 Å². The number of benzene rings is 2.